The van der Waals surface area contributed by atoms with E-state index >= 15 is 0 Å². The molecular weight excluding hydrogens is 478 g/mol. The van der Waals surface area contributed by atoms with Gasteiger partial charge in [0.25, 0.3) is 5.91 Å². The molecule has 0 spiro atoms. The summed E-state index contributed by atoms with van der Waals surface area (Å²) < 4.78 is 4.86. The van der Waals surface area contributed by atoms with Crippen molar-refractivity contribution in [3.05, 3.63) is 47.3 Å². The molecule has 0 aliphatic carbocycles. The first kappa shape index (κ1) is 27.1. The first-order valence-corrected chi connectivity index (χ1v) is 10.3. The molecule has 0 saturated carbocycles. The van der Waals surface area contributed by atoms with E-state index in [0.29, 0.717) is 36.2 Å². The summed E-state index contributed by atoms with van der Waals surface area (Å²) in [6, 6.07) is 6.44. The van der Waals surface area contributed by atoms with Crippen molar-refractivity contribution in [2.24, 2.45) is 5.73 Å². The van der Waals surface area contributed by atoms with Gasteiger partial charge in [0.15, 0.2) is 17.0 Å². The molecule has 14 heteroatoms. The number of esters is 1. The summed E-state index contributed by atoms with van der Waals surface area (Å²) in [6.45, 7) is 0.453. The van der Waals surface area contributed by atoms with Crippen molar-refractivity contribution in [3.8, 4) is 0 Å². The van der Waals surface area contributed by atoms with E-state index in [1.54, 1.807) is 24.3 Å². The van der Waals surface area contributed by atoms with Crippen molar-refractivity contribution in [2.45, 2.75) is 25.2 Å². The number of amides is 2. The number of rotatable bonds is 8. The average Bonchev–Trinajstić information content (AvgIpc) is 2.83. The van der Waals surface area contributed by atoms with Gasteiger partial charge in [0, 0.05) is 5.56 Å². The van der Waals surface area contributed by atoms with Gasteiger partial charge in [-0.05, 0) is 37.1 Å². The van der Waals surface area contributed by atoms with Crippen LogP contribution in [0, 0.1) is 0 Å². The molecule has 13 nitrogen and oxygen atoms in total. The highest BCUT2D eigenvalue weighted by molar-refractivity contribution is 5.95. The Kier molecular flexibility index (Phi) is 9.61. The molecule has 0 fully saturated rings. The van der Waals surface area contributed by atoms with E-state index in [0.717, 1.165) is 0 Å². The Morgan fingerprint density at radius 1 is 1.06 bits per heavy atom. The van der Waals surface area contributed by atoms with Gasteiger partial charge in [-0.3, -0.25) is 25.2 Å². The first-order chi connectivity index (χ1) is 16.3. The van der Waals surface area contributed by atoms with Crippen LogP contribution in [0.2, 0.25) is 0 Å². The van der Waals surface area contributed by atoms with Crippen LogP contribution in [0.3, 0.4) is 0 Å². The fraction of sp³-hybridized carbons (Fsp3) is 0.286. The molecule has 0 aliphatic heterocycles. The van der Waals surface area contributed by atoms with Crippen LogP contribution in [0.5, 0.6) is 0 Å². The lowest BCUT2D eigenvalue weighted by molar-refractivity contribution is -0.142. The Morgan fingerprint density at radius 2 is 1.77 bits per heavy atom. The standard InChI is InChI=1S/C21H25N9O4.ClH/c1-34-20(33)14(3-2-8-22)11-4-6-12(7-5-11)19(32)30-29-15(31)9-13-10-25-18-16(26-13)17(23)27-21(24)28-18;/h4-7,10,14H,2-3,8-9,22H2,1H3,(H,29,31)(H,30,32)(H4,23,24,25,27,28);1H/t14-;/m0./s1. The van der Waals surface area contributed by atoms with Crippen molar-refractivity contribution in [2.75, 3.05) is 25.1 Å². The molecule has 1 atom stereocenters. The number of anilines is 2. The third kappa shape index (κ3) is 6.94. The number of nitrogens with zero attached hydrogens (tertiary/aromatic N) is 4. The van der Waals surface area contributed by atoms with Gasteiger partial charge in [-0.25, -0.2) is 9.97 Å². The molecule has 0 bridgehead atoms. The van der Waals surface area contributed by atoms with Crippen molar-refractivity contribution in [1.29, 1.82) is 0 Å². The molecule has 2 heterocycles. The summed E-state index contributed by atoms with van der Waals surface area (Å²) in [7, 11) is 1.32. The number of methoxy groups -OCH3 is 1. The molecular formula is C21H26ClN9O4. The minimum atomic E-state index is -0.533. The van der Waals surface area contributed by atoms with Crippen LogP contribution in [0.15, 0.2) is 30.5 Å². The number of carbonyl (C=O) groups is 3. The minimum Gasteiger partial charge on any atom is -0.469 e. The second-order valence-electron chi connectivity index (χ2n) is 7.31. The number of nitrogen functional groups attached to an aromatic ring is 2. The van der Waals surface area contributed by atoms with Crippen molar-refractivity contribution in [1.82, 2.24) is 30.8 Å². The summed E-state index contributed by atoms with van der Waals surface area (Å²) >= 11 is 0. The van der Waals surface area contributed by atoms with Crippen molar-refractivity contribution in [3.63, 3.8) is 0 Å². The van der Waals surface area contributed by atoms with Crippen LogP contribution >= 0.6 is 12.4 Å². The third-order valence-electron chi connectivity index (χ3n) is 4.92. The quantitative estimate of drug-likeness (QED) is 0.204. The lowest BCUT2D eigenvalue weighted by Gasteiger charge is -2.15. The van der Waals surface area contributed by atoms with Crippen LogP contribution in [-0.2, 0) is 20.7 Å². The van der Waals surface area contributed by atoms with E-state index in [1.807, 2.05) is 0 Å². The van der Waals surface area contributed by atoms with E-state index in [-0.39, 0.29) is 47.7 Å². The Hall–Kier alpha value is -4.10. The summed E-state index contributed by atoms with van der Waals surface area (Å²) in [6.07, 6.45) is 2.38. The SMILES string of the molecule is COC(=O)[C@@H](CCCN)c1ccc(C(=O)NNC(=O)Cc2cnc3nc(N)nc(N)c3n2)cc1.Cl. The van der Waals surface area contributed by atoms with Gasteiger partial charge in [0.1, 0.15) is 0 Å². The number of fused-ring (bicyclic) bond motifs is 1. The smallest absolute Gasteiger partial charge is 0.313 e. The van der Waals surface area contributed by atoms with E-state index in [2.05, 4.69) is 30.8 Å². The fourth-order valence-electron chi connectivity index (χ4n) is 3.23. The normalized spacial score (nSPS) is 11.3. The summed E-state index contributed by atoms with van der Waals surface area (Å²) in [5.74, 6) is -1.88. The number of hydrogen-bond acceptors (Lipinski definition) is 11. The van der Waals surface area contributed by atoms with Crippen LogP contribution in [0.25, 0.3) is 11.2 Å². The molecule has 3 rings (SSSR count). The average molecular weight is 504 g/mol. The lowest BCUT2D eigenvalue weighted by atomic mass is 9.93. The Morgan fingerprint density at radius 3 is 2.43 bits per heavy atom. The Bertz CT molecular complexity index is 1210. The predicted molar refractivity (Wildman–Crippen MR) is 130 cm³/mol. The van der Waals surface area contributed by atoms with Crippen molar-refractivity contribution >= 4 is 53.1 Å². The van der Waals surface area contributed by atoms with Gasteiger partial charge in [0.2, 0.25) is 11.9 Å². The fourth-order valence-corrected chi connectivity index (χ4v) is 3.23. The number of benzene rings is 1. The number of carbonyl (C=O) groups excluding carboxylic acids is 3. The van der Waals surface area contributed by atoms with Gasteiger partial charge in [-0.2, -0.15) is 9.97 Å². The molecule has 0 saturated heterocycles. The molecule has 2 aromatic heterocycles. The Labute approximate surface area is 206 Å². The number of hydrogen-bond donors (Lipinski definition) is 5. The van der Waals surface area contributed by atoms with Crippen molar-refractivity contribution < 1.29 is 19.1 Å². The zero-order valence-corrected chi connectivity index (χ0v) is 19.7. The number of nitrogens with two attached hydrogens (primary N) is 3. The molecule has 3 aromatic rings. The molecule has 186 valence electrons. The molecule has 0 radical (unpaired) electrons. The molecule has 2 amide bonds. The summed E-state index contributed by atoms with van der Waals surface area (Å²) in [4.78, 5) is 52.7. The van der Waals surface area contributed by atoms with Crippen LogP contribution in [0.1, 0.15) is 40.4 Å². The molecule has 0 unspecified atom stereocenters. The third-order valence-corrected chi connectivity index (χ3v) is 4.92. The number of nitrogens with one attached hydrogen (secondary N) is 2. The highest BCUT2D eigenvalue weighted by atomic mass is 35.5. The zero-order valence-electron chi connectivity index (χ0n) is 18.9. The van der Waals surface area contributed by atoms with Gasteiger partial charge >= 0.3 is 5.97 Å². The van der Waals surface area contributed by atoms with E-state index < -0.39 is 17.7 Å². The Balaban J connectivity index is 0.00000432. The first-order valence-electron chi connectivity index (χ1n) is 10.3. The lowest BCUT2D eigenvalue weighted by Crippen LogP contribution is -2.42. The van der Waals surface area contributed by atoms with Crippen LogP contribution in [-0.4, -0.2) is 51.4 Å². The summed E-state index contributed by atoms with van der Waals surface area (Å²) in [5.41, 5.74) is 23.2. The maximum absolute atomic E-state index is 12.4. The highest BCUT2D eigenvalue weighted by Crippen LogP contribution is 2.23. The monoisotopic (exact) mass is 503 g/mol. The second kappa shape index (κ2) is 12.4. The largest absolute Gasteiger partial charge is 0.469 e. The maximum Gasteiger partial charge on any atom is 0.313 e. The molecule has 35 heavy (non-hydrogen) atoms. The minimum absolute atomic E-state index is 0. The van der Waals surface area contributed by atoms with Gasteiger partial charge in [-0.1, -0.05) is 12.1 Å². The number of aromatic nitrogens is 4. The molecule has 8 N–H and O–H groups in total. The predicted octanol–water partition coefficient (Wildman–Crippen LogP) is 0.00520. The molecule has 0 aliphatic rings. The van der Waals surface area contributed by atoms with Gasteiger partial charge in [0.05, 0.1) is 31.3 Å². The number of halogens is 1. The topological polar surface area (TPSA) is 214 Å². The highest BCUT2D eigenvalue weighted by Gasteiger charge is 2.21. The summed E-state index contributed by atoms with van der Waals surface area (Å²) in [5, 5.41) is 0. The zero-order chi connectivity index (χ0) is 24.7. The maximum atomic E-state index is 12.4. The van der Waals surface area contributed by atoms with E-state index in [9.17, 15) is 14.4 Å². The molecule has 1 aromatic carbocycles. The number of ether oxygens (including phenoxy) is 1. The van der Waals surface area contributed by atoms with E-state index in [1.165, 1.54) is 13.3 Å². The van der Waals surface area contributed by atoms with Crippen LogP contribution < -0.4 is 28.1 Å². The van der Waals surface area contributed by atoms with Crippen LogP contribution in [0.4, 0.5) is 11.8 Å². The van der Waals surface area contributed by atoms with Gasteiger partial charge < -0.3 is 21.9 Å². The van der Waals surface area contributed by atoms with E-state index in [4.69, 9.17) is 21.9 Å². The van der Waals surface area contributed by atoms with Gasteiger partial charge in [-0.15, -0.1) is 12.4 Å². The second-order valence-corrected chi connectivity index (χ2v) is 7.31. The number of hydrazine groups is 1.